The second-order valence-corrected chi connectivity index (χ2v) is 29.6. The fraction of sp³-hybridized carbons (Fsp3) is 0.870. The molecule has 0 heterocycles. The molecule has 0 aliphatic rings. The van der Waals surface area contributed by atoms with Crippen LogP contribution in [0.25, 0.3) is 0 Å². The highest BCUT2D eigenvalue weighted by atomic mass is 31.2. The third-order valence-corrected chi connectivity index (χ3v) is 19.0. The van der Waals surface area contributed by atoms with Crippen LogP contribution in [-0.4, -0.2) is 96.7 Å². The zero-order valence-electron chi connectivity index (χ0n) is 61.6. The van der Waals surface area contributed by atoms with Crippen molar-refractivity contribution in [3.63, 3.8) is 0 Å². The molecule has 0 radical (unpaired) electrons. The molecular formula is C77H144O17P2. The molecule has 96 heavy (non-hydrogen) atoms. The summed E-state index contributed by atoms with van der Waals surface area (Å²) in [4.78, 5) is 72.8. The molecule has 0 aromatic carbocycles. The van der Waals surface area contributed by atoms with Crippen molar-refractivity contribution in [2.45, 2.75) is 393 Å². The molecular weight excluding hydrogens is 1260 g/mol. The second-order valence-electron chi connectivity index (χ2n) is 26.7. The summed E-state index contributed by atoms with van der Waals surface area (Å²) in [7, 11) is -9.93. The van der Waals surface area contributed by atoms with E-state index < -0.39 is 97.5 Å². The molecule has 2 unspecified atom stereocenters. The van der Waals surface area contributed by atoms with E-state index in [1.807, 2.05) is 0 Å². The van der Waals surface area contributed by atoms with Gasteiger partial charge in [-0.1, -0.05) is 282 Å². The zero-order valence-corrected chi connectivity index (χ0v) is 63.4. The van der Waals surface area contributed by atoms with Crippen LogP contribution < -0.4 is 0 Å². The van der Waals surface area contributed by atoms with Gasteiger partial charge in [-0.2, -0.15) is 0 Å². The highest BCUT2D eigenvalue weighted by Crippen LogP contribution is 2.45. The first-order valence-corrected chi connectivity index (χ1v) is 42.2. The first-order valence-electron chi connectivity index (χ1n) is 39.2. The van der Waals surface area contributed by atoms with Gasteiger partial charge in [0, 0.05) is 25.7 Å². The summed E-state index contributed by atoms with van der Waals surface area (Å²) < 4.78 is 68.5. The number of aliphatic hydroxyl groups is 1. The molecule has 0 aromatic rings. The highest BCUT2D eigenvalue weighted by molar-refractivity contribution is 7.47. The zero-order chi connectivity index (χ0) is 70.4. The van der Waals surface area contributed by atoms with E-state index in [4.69, 9.17) is 37.0 Å². The second kappa shape index (κ2) is 70.7. The average molecular weight is 1400 g/mol. The smallest absolute Gasteiger partial charge is 0.462 e. The minimum atomic E-state index is -4.97. The lowest BCUT2D eigenvalue weighted by molar-refractivity contribution is -0.161. The Morgan fingerprint density at radius 1 is 0.281 bits per heavy atom. The monoisotopic (exact) mass is 1400 g/mol. The summed E-state index contributed by atoms with van der Waals surface area (Å²) in [5.74, 6) is -2.16. The van der Waals surface area contributed by atoms with Gasteiger partial charge in [0.15, 0.2) is 12.2 Å². The maximum Gasteiger partial charge on any atom is 0.472 e. The van der Waals surface area contributed by atoms with Crippen molar-refractivity contribution in [3.8, 4) is 0 Å². The Kier molecular flexibility index (Phi) is 68.7. The molecule has 5 atom stereocenters. The van der Waals surface area contributed by atoms with Gasteiger partial charge in [-0.05, 0) is 103 Å². The molecule has 0 amide bonds. The summed E-state index contributed by atoms with van der Waals surface area (Å²) in [5, 5.41) is 10.6. The number of carbonyl (C=O) groups excluding carboxylic acids is 4. The van der Waals surface area contributed by atoms with E-state index in [2.05, 4.69) is 64.2 Å². The number of phosphoric ester groups is 2. The van der Waals surface area contributed by atoms with Crippen molar-refractivity contribution in [2.24, 2.45) is 0 Å². The van der Waals surface area contributed by atoms with E-state index in [1.165, 1.54) is 148 Å². The number of phosphoric acid groups is 2. The molecule has 17 nitrogen and oxygen atoms in total. The van der Waals surface area contributed by atoms with E-state index in [1.54, 1.807) is 0 Å². The van der Waals surface area contributed by atoms with Gasteiger partial charge in [0.1, 0.15) is 19.3 Å². The van der Waals surface area contributed by atoms with Crippen LogP contribution in [0.15, 0.2) is 36.5 Å². The van der Waals surface area contributed by atoms with E-state index in [-0.39, 0.29) is 25.7 Å². The predicted molar refractivity (Wildman–Crippen MR) is 391 cm³/mol. The predicted octanol–water partition coefficient (Wildman–Crippen LogP) is 22.3. The van der Waals surface area contributed by atoms with Gasteiger partial charge < -0.3 is 33.8 Å². The first kappa shape index (κ1) is 93.3. The summed E-state index contributed by atoms with van der Waals surface area (Å²) >= 11 is 0. The number of unbranched alkanes of at least 4 members (excludes halogenated alkanes) is 43. The fourth-order valence-electron chi connectivity index (χ4n) is 11.0. The van der Waals surface area contributed by atoms with E-state index >= 15 is 0 Å². The van der Waals surface area contributed by atoms with Crippen molar-refractivity contribution in [1.29, 1.82) is 0 Å². The summed E-state index contributed by atoms with van der Waals surface area (Å²) in [6.07, 6.45) is 65.5. The topological polar surface area (TPSA) is 237 Å². The average Bonchev–Trinajstić information content (AvgIpc) is 1.43. The number of hydrogen-bond donors (Lipinski definition) is 3. The molecule has 19 heteroatoms. The number of aliphatic hydroxyl groups excluding tert-OH is 1. The number of hydrogen-bond acceptors (Lipinski definition) is 15. The van der Waals surface area contributed by atoms with Gasteiger partial charge in [-0.3, -0.25) is 37.3 Å². The summed E-state index contributed by atoms with van der Waals surface area (Å²) in [6.45, 7) is 4.89. The summed E-state index contributed by atoms with van der Waals surface area (Å²) in [5.41, 5.74) is 0. The Balaban J connectivity index is 5.31. The number of carbonyl (C=O) groups is 4. The van der Waals surface area contributed by atoms with Crippen molar-refractivity contribution < 1.29 is 80.2 Å². The molecule has 0 fully saturated rings. The van der Waals surface area contributed by atoms with Gasteiger partial charge in [0.25, 0.3) is 0 Å². The largest absolute Gasteiger partial charge is 0.472 e. The molecule has 0 aromatic heterocycles. The van der Waals surface area contributed by atoms with Gasteiger partial charge >= 0.3 is 39.5 Å². The molecule has 0 bridgehead atoms. The molecule has 0 rings (SSSR count). The Bertz CT molecular complexity index is 1970. The van der Waals surface area contributed by atoms with Crippen LogP contribution in [0.3, 0.4) is 0 Å². The molecule has 0 aliphatic carbocycles. The molecule has 0 saturated carbocycles. The number of rotatable bonds is 75. The molecule has 0 saturated heterocycles. The van der Waals surface area contributed by atoms with E-state index in [9.17, 15) is 43.2 Å². The van der Waals surface area contributed by atoms with Crippen LogP contribution in [0.5, 0.6) is 0 Å². The van der Waals surface area contributed by atoms with Gasteiger partial charge in [0.2, 0.25) is 0 Å². The third-order valence-electron chi connectivity index (χ3n) is 17.1. The lowest BCUT2D eigenvalue weighted by Crippen LogP contribution is -2.30. The lowest BCUT2D eigenvalue weighted by Gasteiger charge is -2.21. The Hall–Kier alpha value is -2.72. The van der Waals surface area contributed by atoms with Crippen LogP contribution in [-0.2, 0) is 65.4 Å². The van der Waals surface area contributed by atoms with Crippen LogP contribution in [0.4, 0.5) is 0 Å². The fourth-order valence-corrected chi connectivity index (χ4v) is 12.6. The lowest BCUT2D eigenvalue weighted by atomic mass is 10.0. The minimum absolute atomic E-state index is 0.0893. The molecule has 0 spiro atoms. The molecule has 0 aliphatic heterocycles. The van der Waals surface area contributed by atoms with E-state index in [0.717, 1.165) is 148 Å². The maximum absolute atomic E-state index is 13.1. The Labute approximate surface area is 585 Å². The van der Waals surface area contributed by atoms with Gasteiger partial charge in [0.05, 0.1) is 26.4 Å². The number of allylic oxidation sites excluding steroid dienone is 6. The Morgan fingerprint density at radius 2 is 0.479 bits per heavy atom. The van der Waals surface area contributed by atoms with E-state index in [0.29, 0.717) is 25.7 Å². The highest BCUT2D eigenvalue weighted by Gasteiger charge is 2.30. The number of esters is 4. The SMILES string of the molecule is CCCCCC/C=C\CCCCCCCCCC(=O)O[C@H](COC(=O)CCCCCCCCCCCCCCCCC)COP(=O)(O)OC[C@H](O)COP(=O)(O)OC[C@@H](COC(=O)CCCCCCC/C=C\CCCCCC)OC(=O)CCCCCCC/C=C\CCCCCC. The number of ether oxygens (including phenoxy) is 4. The quantitative estimate of drug-likeness (QED) is 0.0169. The van der Waals surface area contributed by atoms with Crippen molar-refractivity contribution in [3.05, 3.63) is 36.5 Å². The molecule has 3 N–H and O–H groups in total. The van der Waals surface area contributed by atoms with Crippen molar-refractivity contribution in [2.75, 3.05) is 39.6 Å². The van der Waals surface area contributed by atoms with Crippen molar-refractivity contribution >= 4 is 39.5 Å². The van der Waals surface area contributed by atoms with Crippen molar-refractivity contribution in [1.82, 2.24) is 0 Å². The standard InChI is InChI=1S/C77H144O17P2/c1-5-9-13-17-21-25-29-33-35-39-42-46-50-54-58-62-75(80)88-68-73(94-77(82)64-60-56-52-48-44-40-36-34-30-26-22-18-14-10-6-2)70-92-96(85,86)90-66-71(78)65-89-95(83,84)91-69-72(93-76(81)63-59-55-51-47-43-38-32-28-24-20-16-12-8-4)67-87-74(79)61-57-53-49-45-41-37-31-27-23-19-15-11-7-3/h26-28,30-32,71-73,78H,5-25,29,33-70H2,1-4H3,(H,83,84)(H,85,86)/b30-26-,31-27-,32-28-/t71-,72-,73-/m1/s1. The summed E-state index contributed by atoms with van der Waals surface area (Å²) in [6, 6.07) is 0. The van der Waals surface area contributed by atoms with Crippen LogP contribution in [0.2, 0.25) is 0 Å². The Morgan fingerprint density at radius 3 is 0.729 bits per heavy atom. The normalized spacial score (nSPS) is 14.1. The third kappa shape index (κ3) is 69.7. The van der Waals surface area contributed by atoms with Gasteiger partial charge in [-0.15, -0.1) is 0 Å². The maximum atomic E-state index is 13.1. The van der Waals surface area contributed by atoms with Crippen LogP contribution in [0, 0.1) is 0 Å². The first-order chi connectivity index (χ1) is 46.7. The molecule has 564 valence electrons. The van der Waals surface area contributed by atoms with Crippen LogP contribution in [0.1, 0.15) is 374 Å². The van der Waals surface area contributed by atoms with Crippen LogP contribution >= 0.6 is 15.6 Å². The minimum Gasteiger partial charge on any atom is -0.462 e. The van der Waals surface area contributed by atoms with Gasteiger partial charge in [-0.25, -0.2) is 9.13 Å².